The van der Waals surface area contributed by atoms with Crippen LogP contribution in [0.3, 0.4) is 0 Å². The minimum atomic E-state index is -0.256. The van der Waals surface area contributed by atoms with Crippen molar-refractivity contribution in [2.45, 2.75) is 27.3 Å². The lowest BCUT2D eigenvalue weighted by Crippen LogP contribution is -2.23. The molecule has 0 aliphatic rings. The number of rotatable bonds is 4. The van der Waals surface area contributed by atoms with E-state index in [9.17, 15) is 4.79 Å². The van der Waals surface area contributed by atoms with Gasteiger partial charge >= 0.3 is 0 Å². The van der Waals surface area contributed by atoms with Gasteiger partial charge in [-0.25, -0.2) is 4.68 Å². The van der Waals surface area contributed by atoms with E-state index >= 15 is 0 Å². The fourth-order valence-electron chi connectivity index (χ4n) is 2.48. The summed E-state index contributed by atoms with van der Waals surface area (Å²) in [7, 11) is 0. The number of nitrogens with zero attached hydrogens (tertiary/aromatic N) is 3. The zero-order valence-corrected chi connectivity index (χ0v) is 13.3. The number of benzene rings is 1. The van der Waals surface area contributed by atoms with E-state index in [1.54, 1.807) is 13.0 Å². The second-order valence-corrected chi connectivity index (χ2v) is 5.40. The van der Waals surface area contributed by atoms with Gasteiger partial charge in [-0.2, -0.15) is 5.10 Å². The lowest BCUT2D eigenvalue weighted by molar-refractivity contribution is 0.0941. The monoisotopic (exact) mass is 310 g/mol. The van der Waals surface area contributed by atoms with Crippen molar-refractivity contribution in [1.29, 1.82) is 0 Å². The van der Waals surface area contributed by atoms with Crippen molar-refractivity contribution >= 4 is 5.91 Å². The normalized spacial score (nSPS) is 10.7. The maximum absolute atomic E-state index is 12.1. The summed E-state index contributed by atoms with van der Waals surface area (Å²) in [5.74, 6) is 0.354. The Morgan fingerprint density at radius 1 is 1.22 bits per heavy atom. The summed E-state index contributed by atoms with van der Waals surface area (Å²) in [6.45, 7) is 6.08. The Balaban J connectivity index is 1.79. The summed E-state index contributed by atoms with van der Waals surface area (Å²) < 4.78 is 6.81. The Morgan fingerprint density at radius 3 is 2.61 bits per heavy atom. The predicted octanol–water partition coefficient (Wildman–Crippen LogP) is 2.72. The van der Waals surface area contributed by atoms with Crippen molar-refractivity contribution in [2.75, 3.05) is 0 Å². The Hall–Kier alpha value is -2.89. The van der Waals surface area contributed by atoms with Crippen molar-refractivity contribution in [1.82, 2.24) is 20.3 Å². The van der Waals surface area contributed by atoms with Crippen molar-refractivity contribution in [2.24, 2.45) is 0 Å². The average Bonchev–Trinajstić information content (AvgIpc) is 3.10. The highest BCUT2D eigenvalue weighted by atomic mass is 16.5. The molecule has 0 saturated heterocycles. The standard InChI is InChI=1S/C17H18N4O2/c1-11-9-16(20-23-11)17(22)18-10-15-12(2)19-21(13(15)3)14-7-5-4-6-8-14/h4-9H,10H2,1-3H3,(H,18,22). The molecule has 2 heterocycles. The fraction of sp³-hybridized carbons (Fsp3) is 0.235. The van der Waals surface area contributed by atoms with Crippen LogP contribution in [0.25, 0.3) is 5.69 Å². The zero-order chi connectivity index (χ0) is 16.4. The highest BCUT2D eigenvalue weighted by Gasteiger charge is 2.15. The number of amides is 1. The molecule has 2 aromatic heterocycles. The lowest BCUT2D eigenvalue weighted by atomic mass is 10.2. The zero-order valence-electron chi connectivity index (χ0n) is 13.3. The second kappa shape index (κ2) is 6.08. The van der Waals surface area contributed by atoms with E-state index < -0.39 is 0 Å². The number of hydrogen-bond acceptors (Lipinski definition) is 4. The molecule has 6 heteroatoms. The highest BCUT2D eigenvalue weighted by molar-refractivity contribution is 5.92. The molecule has 1 amide bonds. The van der Waals surface area contributed by atoms with Crippen LogP contribution in [-0.4, -0.2) is 20.8 Å². The van der Waals surface area contributed by atoms with Gasteiger partial charge in [0.1, 0.15) is 5.76 Å². The molecule has 0 spiro atoms. The van der Waals surface area contributed by atoms with Crippen LogP contribution in [0.1, 0.15) is 33.2 Å². The average molecular weight is 310 g/mol. The van der Waals surface area contributed by atoms with Crippen molar-refractivity contribution in [3.63, 3.8) is 0 Å². The van der Waals surface area contributed by atoms with Crippen LogP contribution < -0.4 is 5.32 Å². The van der Waals surface area contributed by atoms with Crippen molar-refractivity contribution < 1.29 is 9.32 Å². The summed E-state index contributed by atoms with van der Waals surface area (Å²) in [5.41, 5.74) is 4.18. The molecule has 0 aliphatic heterocycles. The molecule has 23 heavy (non-hydrogen) atoms. The maximum Gasteiger partial charge on any atom is 0.273 e. The molecule has 6 nitrogen and oxygen atoms in total. The summed E-state index contributed by atoms with van der Waals surface area (Å²) in [4.78, 5) is 12.1. The predicted molar refractivity (Wildman–Crippen MR) is 85.4 cm³/mol. The van der Waals surface area contributed by atoms with Gasteiger partial charge in [0.05, 0.1) is 11.4 Å². The number of aryl methyl sites for hydroxylation is 2. The topological polar surface area (TPSA) is 73.0 Å². The first-order valence-corrected chi connectivity index (χ1v) is 7.38. The largest absolute Gasteiger partial charge is 0.361 e. The summed E-state index contributed by atoms with van der Waals surface area (Å²) >= 11 is 0. The molecule has 3 aromatic rings. The van der Waals surface area contributed by atoms with Gasteiger partial charge in [-0.1, -0.05) is 23.4 Å². The summed E-state index contributed by atoms with van der Waals surface area (Å²) in [5, 5.41) is 11.1. The molecule has 1 N–H and O–H groups in total. The van der Waals surface area contributed by atoms with Gasteiger partial charge in [0.2, 0.25) is 0 Å². The summed E-state index contributed by atoms with van der Waals surface area (Å²) in [6, 6.07) is 11.5. The molecule has 118 valence electrons. The van der Waals surface area contributed by atoms with Gasteiger partial charge in [0.25, 0.3) is 5.91 Å². The lowest BCUT2D eigenvalue weighted by Gasteiger charge is -2.06. The van der Waals surface area contributed by atoms with E-state index in [0.29, 0.717) is 12.3 Å². The smallest absolute Gasteiger partial charge is 0.273 e. The van der Waals surface area contributed by atoms with Crippen LogP contribution >= 0.6 is 0 Å². The van der Waals surface area contributed by atoms with E-state index in [-0.39, 0.29) is 11.6 Å². The third-order valence-corrected chi connectivity index (χ3v) is 3.73. The van der Waals surface area contributed by atoms with Crippen LogP contribution in [0.4, 0.5) is 0 Å². The van der Waals surface area contributed by atoms with Crippen molar-refractivity contribution in [3.05, 3.63) is 64.8 Å². The molecular formula is C17H18N4O2. The van der Waals surface area contributed by atoms with E-state index in [2.05, 4.69) is 15.6 Å². The molecule has 0 aliphatic carbocycles. The Labute approximate surface area is 134 Å². The van der Waals surface area contributed by atoms with Gasteiger partial charge in [-0.3, -0.25) is 4.79 Å². The maximum atomic E-state index is 12.1. The Kier molecular flexibility index (Phi) is 3.97. The fourth-order valence-corrected chi connectivity index (χ4v) is 2.48. The van der Waals surface area contributed by atoms with E-state index in [0.717, 1.165) is 22.6 Å². The third kappa shape index (κ3) is 3.01. The number of hydrogen-bond donors (Lipinski definition) is 1. The first kappa shape index (κ1) is 15.0. The number of carbonyl (C=O) groups is 1. The van der Waals surface area contributed by atoms with Gasteiger partial charge in [-0.05, 0) is 32.9 Å². The molecule has 1 aromatic carbocycles. The van der Waals surface area contributed by atoms with E-state index in [4.69, 9.17) is 4.52 Å². The molecule has 0 saturated carbocycles. The quantitative estimate of drug-likeness (QED) is 0.804. The second-order valence-electron chi connectivity index (χ2n) is 5.40. The molecule has 0 unspecified atom stereocenters. The molecule has 0 fully saturated rings. The van der Waals surface area contributed by atoms with Crippen LogP contribution in [0.5, 0.6) is 0 Å². The first-order chi connectivity index (χ1) is 11.1. The van der Waals surface area contributed by atoms with Crippen LogP contribution in [-0.2, 0) is 6.54 Å². The molecule has 0 atom stereocenters. The number of nitrogens with one attached hydrogen (secondary N) is 1. The minimum Gasteiger partial charge on any atom is -0.361 e. The highest BCUT2D eigenvalue weighted by Crippen LogP contribution is 2.17. The third-order valence-electron chi connectivity index (χ3n) is 3.73. The SMILES string of the molecule is Cc1cc(C(=O)NCc2c(C)nn(-c3ccccc3)c2C)no1. The van der Waals surface area contributed by atoms with Crippen LogP contribution in [0.2, 0.25) is 0 Å². The van der Waals surface area contributed by atoms with E-state index in [1.165, 1.54) is 0 Å². The Morgan fingerprint density at radius 2 is 1.96 bits per heavy atom. The van der Waals surface area contributed by atoms with Crippen LogP contribution in [0, 0.1) is 20.8 Å². The van der Waals surface area contributed by atoms with Crippen molar-refractivity contribution in [3.8, 4) is 5.69 Å². The number of para-hydroxylation sites is 1. The van der Waals surface area contributed by atoms with E-state index in [1.807, 2.05) is 48.9 Å². The summed E-state index contributed by atoms with van der Waals surface area (Å²) in [6.07, 6.45) is 0. The molecular weight excluding hydrogens is 292 g/mol. The molecule has 3 rings (SSSR count). The van der Waals surface area contributed by atoms with Gasteiger partial charge in [-0.15, -0.1) is 0 Å². The first-order valence-electron chi connectivity index (χ1n) is 7.38. The molecule has 0 radical (unpaired) electrons. The van der Waals surface area contributed by atoms with Gasteiger partial charge in [0, 0.05) is 23.9 Å². The Bertz CT molecular complexity index is 834. The minimum absolute atomic E-state index is 0.256. The van der Waals surface area contributed by atoms with Crippen LogP contribution in [0.15, 0.2) is 40.9 Å². The molecule has 0 bridgehead atoms. The van der Waals surface area contributed by atoms with Gasteiger partial charge < -0.3 is 9.84 Å². The van der Waals surface area contributed by atoms with Gasteiger partial charge in [0.15, 0.2) is 5.69 Å². The number of carbonyl (C=O) groups excluding carboxylic acids is 1. The number of aromatic nitrogens is 3.